The summed E-state index contributed by atoms with van der Waals surface area (Å²) in [6, 6.07) is 12.3. The topological polar surface area (TPSA) is 55.4 Å². The minimum atomic E-state index is -0.925. The molecule has 0 aliphatic heterocycles. The molecule has 0 aliphatic carbocycles. The highest BCUT2D eigenvalue weighted by atomic mass is 35.5. The zero-order valence-electron chi connectivity index (χ0n) is 13.8. The summed E-state index contributed by atoms with van der Waals surface area (Å²) in [7, 11) is 0. The Morgan fingerprint density at radius 1 is 1.12 bits per heavy atom. The molecule has 0 spiro atoms. The molecule has 0 saturated carbocycles. The molecule has 0 fully saturated rings. The summed E-state index contributed by atoms with van der Waals surface area (Å²) in [5, 5.41) is 3.56. The lowest BCUT2D eigenvalue weighted by molar-refractivity contribution is -0.148. The van der Waals surface area contributed by atoms with Crippen LogP contribution in [0.25, 0.3) is 6.08 Å². The van der Waals surface area contributed by atoms with Gasteiger partial charge < -0.3 is 10.1 Å². The Kier molecular flexibility index (Phi) is 6.62. The normalized spacial score (nSPS) is 12.0. The molecule has 1 amide bonds. The maximum Gasteiger partial charge on any atom is 0.331 e. The summed E-state index contributed by atoms with van der Waals surface area (Å²) in [4.78, 5) is 24.0. The monoisotopic (exact) mass is 377 g/mol. The molecule has 2 aromatic rings. The zero-order chi connectivity index (χ0) is 18.4. The summed E-state index contributed by atoms with van der Waals surface area (Å²) in [6.45, 7) is 3.39. The molecule has 1 atom stereocenters. The van der Waals surface area contributed by atoms with Gasteiger partial charge >= 0.3 is 5.97 Å². The minimum Gasteiger partial charge on any atom is -0.449 e. The van der Waals surface area contributed by atoms with Crippen LogP contribution in [0.4, 0.5) is 5.69 Å². The Labute approximate surface area is 156 Å². The first kappa shape index (κ1) is 19.0. The second-order valence-corrected chi connectivity index (χ2v) is 6.20. The number of amides is 1. The molecular formula is C19H17Cl2NO3. The number of carbonyl (C=O) groups excluding carboxylic acids is 2. The van der Waals surface area contributed by atoms with Gasteiger partial charge in [-0.25, -0.2) is 4.79 Å². The molecule has 1 unspecified atom stereocenters. The second-order valence-electron chi connectivity index (χ2n) is 5.39. The van der Waals surface area contributed by atoms with E-state index in [-0.39, 0.29) is 0 Å². The van der Waals surface area contributed by atoms with Crippen LogP contribution in [-0.2, 0) is 14.3 Å². The number of para-hydroxylation sites is 1. The molecule has 0 aromatic heterocycles. The fourth-order valence-corrected chi connectivity index (χ4v) is 2.30. The number of hydrogen-bond donors (Lipinski definition) is 1. The number of aryl methyl sites for hydroxylation is 1. The van der Waals surface area contributed by atoms with Crippen molar-refractivity contribution in [2.24, 2.45) is 0 Å². The average molecular weight is 378 g/mol. The first-order chi connectivity index (χ1) is 11.9. The first-order valence-electron chi connectivity index (χ1n) is 7.57. The lowest BCUT2D eigenvalue weighted by atomic mass is 10.2. The average Bonchev–Trinajstić information content (AvgIpc) is 2.58. The molecule has 1 N–H and O–H groups in total. The van der Waals surface area contributed by atoms with Crippen molar-refractivity contribution in [3.8, 4) is 0 Å². The lowest BCUT2D eigenvalue weighted by Crippen LogP contribution is -2.29. The SMILES string of the molecule is Cc1ccccc1NC(=O)C(C)OC(=O)/C=C/c1ccc(Cl)c(Cl)c1. The third kappa shape index (κ3) is 5.62. The van der Waals surface area contributed by atoms with Crippen LogP contribution in [0.2, 0.25) is 10.0 Å². The van der Waals surface area contributed by atoms with Crippen LogP contribution in [0.3, 0.4) is 0 Å². The standard InChI is InChI=1S/C19H17Cl2NO3/c1-12-5-3-4-6-17(12)22-19(24)13(2)25-18(23)10-8-14-7-9-15(20)16(21)11-14/h3-11,13H,1-2H3,(H,22,24)/b10-8+. The molecule has 0 heterocycles. The predicted molar refractivity (Wildman–Crippen MR) is 101 cm³/mol. The Hall–Kier alpha value is -2.30. The Balaban J connectivity index is 1.92. The molecule has 25 heavy (non-hydrogen) atoms. The lowest BCUT2D eigenvalue weighted by Gasteiger charge is -2.13. The van der Waals surface area contributed by atoms with Gasteiger partial charge in [0, 0.05) is 11.8 Å². The van der Waals surface area contributed by atoms with E-state index in [1.807, 2.05) is 25.1 Å². The minimum absolute atomic E-state index is 0.392. The first-order valence-corrected chi connectivity index (χ1v) is 8.32. The van der Waals surface area contributed by atoms with Gasteiger partial charge in [-0.3, -0.25) is 4.79 Å². The molecule has 130 valence electrons. The summed E-state index contributed by atoms with van der Waals surface area (Å²) in [5.74, 6) is -1.02. The van der Waals surface area contributed by atoms with Gasteiger partial charge in [0.2, 0.25) is 0 Å². The Morgan fingerprint density at radius 2 is 1.84 bits per heavy atom. The fraction of sp³-hybridized carbons (Fsp3) is 0.158. The van der Waals surface area contributed by atoms with E-state index in [2.05, 4.69) is 5.32 Å². The predicted octanol–water partition coefficient (Wildman–Crippen LogP) is 4.89. The number of benzene rings is 2. The number of halogens is 2. The van der Waals surface area contributed by atoms with Crippen molar-refractivity contribution in [3.63, 3.8) is 0 Å². The van der Waals surface area contributed by atoms with Gasteiger partial charge in [-0.2, -0.15) is 0 Å². The molecule has 0 radical (unpaired) electrons. The number of carbonyl (C=O) groups is 2. The Morgan fingerprint density at radius 3 is 2.52 bits per heavy atom. The van der Waals surface area contributed by atoms with Crippen LogP contribution in [0.1, 0.15) is 18.1 Å². The van der Waals surface area contributed by atoms with Crippen LogP contribution >= 0.6 is 23.2 Å². The van der Waals surface area contributed by atoms with Gasteiger partial charge in [0.25, 0.3) is 5.91 Å². The van der Waals surface area contributed by atoms with Gasteiger partial charge in [-0.1, -0.05) is 47.5 Å². The van der Waals surface area contributed by atoms with Crippen molar-refractivity contribution in [1.29, 1.82) is 0 Å². The van der Waals surface area contributed by atoms with Crippen LogP contribution in [0.5, 0.6) is 0 Å². The molecule has 0 bridgehead atoms. The van der Waals surface area contributed by atoms with E-state index in [1.165, 1.54) is 19.1 Å². The molecule has 4 nitrogen and oxygen atoms in total. The molecule has 0 aliphatic rings. The smallest absolute Gasteiger partial charge is 0.331 e. The number of esters is 1. The maximum atomic E-state index is 12.1. The highest BCUT2D eigenvalue weighted by Crippen LogP contribution is 2.23. The molecule has 0 saturated heterocycles. The van der Waals surface area contributed by atoms with Gasteiger partial charge in [0.15, 0.2) is 6.10 Å². The van der Waals surface area contributed by atoms with Crippen molar-refractivity contribution in [2.45, 2.75) is 20.0 Å². The second kappa shape index (κ2) is 8.70. The van der Waals surface area contributed by atoms with Gasteiger partial charge in [0.1, 0.15) is 0 Å². The van der Waals surface area contributed by atoms with Crippen LogP contribution in [-0.4, -0.2) is 18.0 Å². The quantitative estimate of drug-likeness (QED) is 0.596. The van der Waals surface area contributed by atoms with Crippen LogP contribution in [0, 0.1) is 6.92 Å². The van der Waals surface area contributed by atoms with E-state index in [1.54, 1.807) is 24.3 Å². The zero-order valence-corrected chi connectivity index (χ0v) is 15.3. The number of anilines is 1. The van der Waals surface area contributed by atoms with Crippen molar-refractivity contribution >= 4 is 46.8 Å². The van der Waals surface area contributed by atoms with Gasteiger partial charge in [-0.05, 0) is 49.2 Å². The van der Waals surface area contributed by atoms with Crippen molar-refractivity contribution < 1.29 is 14.3 Å². The van der Waals surface area contributed by atoms with E-state index < -0.39 is 18.0 Å². The van der Waals surface area contributed by atoms with E-state index in [0.717, 1.165) is 5.56 Å². The molecular weight excluding hydrogens is 361 g/mol. The number of rotatable bonds is 5. The Bertz CT molecular complexity index is 818. The summed E-state index contributed by atoms with van der Waals surface area (Å²) in [6.07, 6.45) is 1.85. The largest absolute Gasteiger partial charge is 0.449 e. The van der Waals surface area contributed by atoms with Crippen molar-refractivity contribution in [1.82, 2.24) is 0 Å². The number of nitrogens with one attached hydrogen (secondary N) is 1. The highest BCUT2D eigenvalue weighted by Gasteiger charge is 2.17. The van der Waals surface area contributed by atoms with E-state index >= 15 is 0 Å². The highest BCUT2D eigenvalue weighted by molar-refractivity contribution is 6.42. The van der Waals surface area contributed by atoms with Crippen LogP contribution < -0.4 is 5.32 Å². The van der Waals surface area contributed by atoms with Crippen molar-refractivity contribution in [2.75, 3.05) is 5.32 Å². The number of ether oxygens (including phenoxy) is 1. The van der Waals surface area contributed by atoms with Gasteiger partial charge in [-0.15, -0.1) is 0 Å². The summed E-state index contributed by atoms with van der Waals surface area (Å²) >= 11 is 11.7. The summed E-state index contributed by atoms with van der Waals surface area (Å²) in [5.41, 5.74) is 2.30. The van der Waals surface area contributed by atoms with E-state index in [9.17, 15) is 9.59 Å². The molecule has 6 heteroatoms. The van der Waals surface area contributed by atoms with E-state index in [4.69, 9.17) is 27.9 Å². The number of hydrogen-bond acceptors (Lipinski definition) is 3. The molecule has 2 aromatic carbocycles. The third-order valence-electron chi connectivity index (χ3n) is 3.42. The molecule has 2 rings (SSSR count). The third-order valence-corrected chi connectivity index (χ3v) is 4.16. The van der Waals surface area contributed by atoms with E-state index in [0.29, 0.717) is 21.3 Å². The van der Waals surface area contributed by atoms with Crippen molar-refractivity contribution in [3.05, 3.63) is 69.7 Å². The van der Waals surface area contributed by atoms with Gasteiger partial charge in [0.05, 0.1) is 10.0 Å². The van der Waals surface area contributed by atoms with Crippen LogP contribution in [0.15, 0.2) is 48.5 Å². The fourth-order valence-electron chi connectivity index (χ4n) is 1.99. The maximum absolute atomic E-state index is 12.1. The summed E-state index contributed by atoms with van der Waals surface area (Å²) < 4.78 is 5.10.